The predicted molar refractivity (Wildman–Crippen MR) is 72.9 cm³/mol. The Kier molecular flexibility index (Phi) is 4.61. The van der Waals surface area contributed by atoms with Gasteiger partial charge in [0.2, 0.25) is 0 Å². The van der Waals surface area contributed by atoms with Gasteiger partial charge in [0.15, 0.2) is 0 Å². The van der Waals surface area contributed by atoms with Crippen molar-refractivity contribution in [1.82, 2.24) is 5.32 Å². The van der Waals surface area contributed by atoms with Crippen molar-refractivity contribution < 1.29 is 9.47 Å². The summed E-state index contributed by atoms with van der Waals surface area (Å²) in [5.74, 6) is 0.953. The summed E-state index contributed by atoms with van der Waals surface area (Å²) in [6.07, 6.45) is 2.16. The molecule has 1 heterocycles. The molecule has 3 heteroatoms. The summed E-state index contributed by atoms with van der Waals surface area (Å²) < 4.78 is 10.9. The third-order valence-corrected chi connectivity index (χ3v) is 3.53. The molecule has 1 N–H and O–H groups in total. The van der Waals surface area contributed by atoms with Gasteiger partial charge in [-0.05, 0) is 44.4 Å². The molecule has 0 aliphatic carbocycles. The van der Waals surface area contributed by atoms with Crippen LogP contribution in [0.15, 0.2) is 24.3 Å². The fourth-order valence-electron chi connectivity index (χ4n) is 2.23. The number of hydrogen-bond acceptors (Lipinski definition) is 3. The highest BCUT2D eigenvalue weighted by molar-refractivity contribution is 5.28. The molecule has 0 spiro atoms. The predicted octanol–water partition coefficient (Wildman–Crippen LogP) is 2.74. The van der Waals surface area contributed by atoms with Crippen molar-refractivity contribution in [2.75, 3.05) is 19.8 Å². The average Bonchev–Trinajstić information content (AvgIpc) is 2.38. The quantitative estimate of drug-likeness (QED) is 0.870. The van der Waals surface area contributed by atoms with Gasteiger partial charge in [0.05, 0.1) is 6.61 Å². The van der Waals surface area contributed by atoms with E-state index in [0.717, 1.165) is 38.3 Å². The number of hydrogen-bond donors (Lipinski definition) is 1. The fraction of sp³-hybridized carbons (Fsp3) is 0.600. The normalized spacial score (nSPS) is 18.6. The van der Waals surface area contributed by atoms with Crippen LogP contribution in [0.1, 0.15) is 32.3 Å². The van der Waals surface area contributed by atoms with E-state index in [1.165, 1.54) is 5.56 Å². The van der Waals surface area contributed by atoms with Crippen LogP contribution >= 0.6 is 0 Å². The molecule has 1 saturated heterocycles. The molecule has 0 bridgehead atoms. The van der Waals surface area contributed by atoms with Crippen LogP contribution in [-0.4, -0.2) is 25.4 Å². The first-order chi connectivity index (χ1) is 8.72. The third-order valence-electron chi connectivity index (χ3n) is 3.53. The highest BCUT2D eigenvalue weighted by atomic mass is 16.5. The molecule has 1 aliphatic heterocycles. The van der Waals surface area contributed by atoms with Crippen LogP contribution in [0.2, 0.25) is 0 Å². The lowest BCUT2D eigenvalue weighted by atomic mass is 9.92. The van der Waals surface area contributed by atoms with E-state index in [2.05, 4.69) is 24.4 Å². The van der Waals surface area contributed by atoms with Crippen LogP contribution in [-0.2, 0) is 11.3 Å². The van der Waals surface area contributed by atoms with Crippen LogP contribution < -0.4 is 10.1 Å². The Morgan fingerprint density at radius 1 is 1.33 bits per heavy atom. The van der Waals surface area contributed by atoms with Gasteiger partial charge in [-0.3, -0.25) is 0 Å². The van der Waals surface area contributed by atoms with Crippen molar-refractivity contribution in [2.45, 2.75) is 38.8 Å². The summed E-state index contributed by atoms with van der Waals surface area (Å²) in [4.78, 5) is 0. The minimum absolute atomic E-state index is 0.208. The standard InChI is InChI=1S/C15H23NO2/c1-3-18-14-6-4-5-13(11-14)12-16-15(2)7-9-17-10-8-15/h4-6,11,16H,3,7-10,12H2,1-2H3. The molecule has 0 saturated carbocycles. The van der Waals surface area contributed by atoms with Crippen LogP contribution in [0.5, 0.6) is 5.75 Å². The first kappa shape index (κ1) is 13.4. The smallest absolute Gasteiger partial charge is 0.119 e. The Labute approximate surface area is 109 Å². The lowest BCUT2D eigenvalue weighted by molar-refractivity contribution is 0.0446. The minimum atomic E-state index is 0.208. The number of ether oxygens (including phenoxy) is 2. The SMILES string of the molecule is CCOc1cccc(CNC2(C)CCOCC2)c1. The molecule has 100 valence electrons. The van der Waals surface area contributed by atoms with Crippen LogP contribution in [0.25, 0.3) is 0 Å². The van der Waals surface area contributed by atoms with E-state index >= 15 is 0 Å². The maximum Gasteiger partial charge on any atom is 0.119 e. The molecule has 0 aromatic heterocycles. The summed E-state index contributed by atoms with van der Waals surface area (Å²) >= 11 is 0. The van der Waals surface area contributed by atoms with E-state index in [1.807, 2.05) is 19.1 Å². The van der Waals surface area contributed by atoms with Crippen LogP contribution in [0.4, 0.5) is 0 Å². The maximum atomic E-state index is 5.52. The molecule has 1 aromatic carbocycles. The molecule has 3 nitrogen and oxygen atoms in total. The Bertz CT molecular complexity index is 373. The number of benzene rings is 1. The summed E-state index contributed by atoms with van der Waals surface area (Å²) in [7, 11) is 0. The molecule has 0 radical (unpaired) electrons. The second kappa shape index (κ2) is 6.21. The van der Waals surface area contributed by atoms with Gasteiger partial charge in [0.1, 0.15) is 5.75 Å². The monoisotopic (exact) mass is 249 g/mol. The van der Waals surface area contributed by atoms with Gasteiger partial charge < -0.3 is 14.8 Å². The Morgan fingerprint density at radius 2 is 2.11 bits per heavy atom. The summed E-state index contributed by atoms with van der Waals surface area (Å²) in [6.45, 7) is 7.62. The Morgan fingerprint density at radius 3 is 2.83 bits per heavy atom. The fourth-order valence-corrected chi connectivity index (χ4v) is 2.23. The molecule has 0 unspecified atom stereocenters. The van der Waals surface area contributed by atoms with Crippen molar-refractivity contribution in [2.24, 2.45) is 0 Å². The number of nitrogens with one attached hydrogen (secondary N) is 1. The zero-order chi connectivity index (χ0) is 12.8. The Balaban J connectivity index is 1.90. The van der Waals surface area contributed by atoms with Crippen molar-refractivity contribution >= 4 is 0 Å². The van der Waals surface area contributed by atoms with Gasteiger partial charge in [0, 0.05) is 25.3 Å². The molecule has 1 aromatic rings. The summed E-state index contributed by atoms with van der Waals surface area (Å²) in [5.41, 5.74) is 1.48. The first-order valence-electron chi connectivity index (χ1n) is 6.76. The van der Waals surface area contributed by atoms with Crippen LogP contribution in [0.3, 0.4) is 0 Å². The van der Waals surface area contributed by atoms with Gasteiger partial charge in [0.25, 0.3) is 0 Å². The Hall–Kier alpha value is -1.06. The zero-order valence-electron chi connectivity index (χ0n) is 11.4. The van der Waals surface area contributed by atoms with Gasteiger partial charge in [-0.2, -0.15) is 0 Å². The van der Waals surface area contributed by atoms with Gasteiger partial charge in [-0.25, -0.2) is 0 Å². The average molecular weight is 249 g/mol. The lowest BCUT2D eigenvalue weighted by Crippen LogP contribution is -2.46. The second-order valence-corrected chi connectivity index (χ2v) is 5.11. The number of rotatable bonds is 5. The lowest BCUT2D eigenvalue weighted by Gasteiger charge is -2.34. The van der Waals surface area contributed by atoms with Crippen molar-refractivity contribution in [3.63, 3.8) is 0 Å². The van der Waals surface area contributed by atoms with E-state index in [-0.39, 0.29) is 5.54 Å². The van der Waals surface area contributed by atoms with Crippen molar-refractivity contribution in [3.8, 4) is 5.75 Å². The zero-order valence-corrected chi connectivity index (χ0v) is 11.4. The highest BCUT2D eigenvalue weighted by Crippen LogP contribution is 2.21. The van der Waals surface area contributed by atoms with Crippen molar-refractivity contribution in [3.05, 3.63) is 29.8 Å². The molecule has 1 aliphatic rings. The molecule has 18 heavy (non-hydrogen) atoms. The molecular formula is C15H23NO2. The molecule has 0 amide bonds. The maximum absolute atomic E-state index is 5.52. The van der Waals surface area contributed by atoms with E-state index in [9.17, 15) is 0 Å². The van der Waals surface area contributed by atoms with Crippen LogP contribution in [0, 0.1) is 0 Å². The topological polar surface area (TPSA) is 30.5 Å². The van der Waals surface area contributed by atoms with Gasteiger partial charge in [-0.15, -0.1) is 0 Å². The molecular weight excluding hydrogens is 226 g/mol. The third kappa shape index (κ3) is 3.72. The second-order valence-electron chi connectivity index (χ2n) is 5.11. The van der Waals surface area contributed by atoms with Gasteiger partial charge >= 0.3 is 0 Å². The molecule has 1 fully saturated rings. The molecule has 0 atom stereocenters. The summed E-state index contributed by atoms with van der Waals surface area (Å²) in [6, 6.07) is 8.30. The van der Waals surface area contributed by atoms with E-state index in [1.54, 1.807) is 0 Å². The van der Waals surface area contributed by atoms with Gasteiger partial charge in [-0.1, -0.05) is 12.1 Å². The highest BCUT2D eigenvalue weighted by Gasteiger charge is 2.26. The van der Waals surface area contributed by atoms with Crippen molar-refractivity contribution in [1.29, 1.82) is 0 Å². The largest absolute Gasteiger partial charge is 0.494 e. The van der Waals surface area contributed by atoms with E-state index < -0.39 is 0 Å². The summed E-state index contributed by atoms with van der Waals surface area (Å²) in [5, 5.41) is 3.65. The van der Waals surface area contributed by atoms with E-state index in [4.69, 9.17) is 9.47 Å². The van der Waals surface area contributed by atoms with E-state index in [0.29, 0.717) is 6.61 Å². The first-order valence-corrected chi connectivity index (χ1v) is 6.76. The molecule has 2 rings (SSSR count). The minimum Gasteiger partial charge on any atom is -0.494 e.